The van der Waals surface area contributed by atoms with E-state index >= 15 is 0 Å². The Labute approximate surface area is 158 Å². The average Bonchev–Trinajstić information content (AvgIpc) is 2.68. The summed E-state index contributed by atoms with van der Waals surface area (Å²) in [5.74, 6) is -0.119. The van der Waals surface area contributed by atoms with Gasteiger partial charge in [0.2, 0.25) is 5.91 Å². The van der Waals surface area contributed by atoms with Crippen LogP contribution in [0.15, 0.2) is 42.5 Å². The lowest BCUT2D eigenvalue weighted by Crippen LogP contribution is -2.45. The SMILES string of the molecule is CCC(=O)c1ccc2c(c1)N(CC(=O)NCc1ccc(C)cc1)C(=O)CO2. The Morgan fingerprint density at radius 3 is 2.59 bits per heavy atom. The van der Waals surface area contributed by atoms with Crippen LogP contribution in [0, 0.1) is 6.92 Å². The smallest absolute Gasteiger partial charge is 0.265 e. The lowest BCUT2D eigenvalue weighted by Gasteiger charge is -2.29. The minimum atomic E-state index is -0.311. The first-order valence-electron chi connectivity index (χ1n) is 8.90. The molecule has 0 radical (unpaired) electrons. The largest absolute Gasteiger partial charge is 0.482 e. The molecule has 3 rings (SSSR count). The molecule has 6 heteroatoms. The van der Waals surface area contributed by atoms with E-state index in [0.29, 0.717) is 30.0 Å². The van der Waals surface area contributed by atoms with Crippen molar-refractivity contribution in [3.8, 4) is 5.75 Å². The minimum absolute atomic E-state index is 0.0282. The molecular formula is C21H22N2O4. The third-order valence-corrected chi connectivity index (χ3v) is 4.46. The molecule has 1 aliphatic rings. The number of carbonyl (C=O) groups excluding carboxylic acids is 3. The van der Waals surface area contributed by atoms with Crippen LogP contribution < -0.4 is 15.0 Å². The molecule has 0 saturated heterocycles. The predicted molar refractivity (Wildman–Crippen MR) is 102 cm³/mol. The fourth-order valence-electron chi connectivity index (χ4n) is 2.86. The third kappa shape index (κ3) is 4.34. The van der Waals surface area contributed by atoms with Crippen LogP contribution in [0.4, 0.5) is 5.69 Å². The van der Waals surface area contributed by atoms with Crippen molar-refractivity contribution in [1.29, 1.82) is 0 Å². The Kier molecular flexibility index (Phi) is 5.54. The number of Topliss-reactive ketones (excluding diaryl/α,β-unsaturated/α-hetero) is 1. The summed E-state index contributed by atoms with van der Waals surface area (Å²) in [6.45, 7) is 3.92. The van der Waals surface area contributed by atoms with Crippen LogP contribution in [-0.4, -0.2) is 30.7 Å². The van der Waals surface area contributed by atoms with Gasteiger partial charge in [-0.25, -0.2) is 0 Å². The van der Waals surface area contributed by atoms with Crippen molar-refractivity contribution in [3.05, 3.63) is 59.2 Å². The first-order chi connectivity index (χ1) is 13.0. The van der Waals surface area contributed by atoms with Crippen molar-refractivity contribution < 1.29 is 19.1 Å². The highest BCUT2D eigenvalue weighted by Gasteiger charge is 2.28. The second-order valence-corrected chi connectivity index (χ2v) is 6.49. The first kappa shape index (κ1) is 18.6. The van der Waals surface area contributed by atoms with Gasteiger partial charge in [-0.15, -0.1) is 0 Å². The monoisotopic (exact) mass is 366 g/mol. The van der Waals surface area contributed by atoms with Gasteiger partial charge in [0.15, 0.2) is 12.4 Å². The van der Waals surface area contributed by atoms with Gasteiger partial charge < -0.3 is 10.1 Å². The van der Waals surface area contributed by atoms with Gasteiger partial charge in [0.25, 0.3) is 5.91 Å². The van der Waals surface area contributed by atoms with E-state index in [1.165, 1.54) is 4.90 Å². The topological polar surface area (TPSA) is 75.7 Å². The molecule has 2 aromatic rings. The summed E-state index contributed by atoms with van der Waals surface area (Å²) in [5.41, 5.74) is 3.09. The summed E-state index contributed by atoms with van der Waals surface area (Å²) in [5, 5.41) is 2.83. The summed E-state index contributed by atoms with van der Waals surface area (Å²) in [7, 11) is 0. The molecule has 0 aromatic heterocycles. The summed E-state index contributed by atoms with van der Waals surface area (Å²) < 4.78 is 5.42. The number of ketones is 1. The van der Waals surface area contributed by atoms with Crippen LogP contribution in [0.2, 0.25) is 0 Å². The number of hydrogen-bond donors (Lipinski definition) is 1. The van der Waals surface area contributed by atoms with Gasteiger partial charge in [-0.05, 0) is 30.7 Å². The molecule has 140 valence electrons. The maximum absolute atomic E-state index is 12.4. The molecule has 6 nitrogen and oxygen atoms in total. The van der Waals surface area contributed by atoms with E-state index in [1.54, 1.807) is 25.1 Å². The predicted octanol–water partition coefficient (Wildman–Crippen LogP) is 2.63. The molecule has 0 fully saturated rings. The van der Waals surface area contributed by atoms with Crippen LogP contribution in [0.25, 0.3) is 0 Å². The Bertz CT molecular complexity index is 874. The van der Waals surface area contributed by atoms with Gasteiger partial charge in [0, 0.05) is 18.5 Å². The van der Waals surface area contributed by atoms with Gasteiger partial charge >= 0.3 is 0 Å². The summed E-state index contributed by atoms with van der Waals surface area (Å²) >= 11 is 0. The molecule has 1 aliphatic heterocycles. The number of fused-ring (bicyclic) bond motifs is 1. The van der Waals surface area contributed by atoms with Gasteiger partial charge in [0.05, 0.1) is 5.69 Å². The summed E-state index contributed by atoms with van der Waals surface area (Å²) in [4.78, 5) is 38.0. The first-order valence-corrected chi connectivity index (χ1v) is 8.90. The molecular weight excluding hydrogens is 344 g/mol. The fraction of sp³-hybridized carbons (Fsp3) is 0.286. The summed E-state index contributed by atoms with van der Waals surface area (Å²) in [6, 6.07) is 12.8. The Hall–Kier alpha value is -3.15. The van der Waals surface area contributed by atoms with E-state index in [9.17, 15) is 14.4 Å². The number of carbonyl (C=O) groups is 3. The van der Waals surface area contributed by atoms with Crippen LogP contribution >= 0.6 is 0 Å². The van der Waals surface area contributed by atoms with Crippen molar-refractivity contribution in [1.82, 2.24) is 5.32 Å². The lowest BCUT2D eigenvalue weighted by atomic mass is 10.1. The molecule has 2 aromatic carbocycles. The van der Waals surface area contributed by atoms with Crippen molar-refractivity contribution in [2.24, 2.45) is 0 Å². The Morgan fingerprint density at radius 2 is 1.89 bits per heavy atom. The van der Waals surface area contributed by atoms with Gasteiger partial charge in [-0.3, -0.25) is 19.3 Å². The number of benzene rings is 2. The van der Waals surface area contributed by atoms with Crippen LogP contribution in [0.1, 0.15) is 34.8 Å². The molecule has 0 spiro atoms. The highest BCUT2D eigenvalue weighted by atomic mass is 16.5. The number of anilines is 1. The minimum Gasteiger partial charge on any atom is -0.482 e. The molecule has 0 unspecified atom stereocenters. The number of rotatable bonds is 6. The van der Waals surface area contributed by atoms with Crippen molar-refractivity contribution in [3.63, 3.8) is 0 Å². The zero-order valence-electron chi connectivity index (χ0n) is 15.5. The molecule has 0 atom stereocenters. The zero-order chi connectivity index (χ0) is 19.4. The van der Waals surface area contributed by atoms with Crippen molar-refractivity contribution >= 4 is 23.3 Å². The molecule has 0 bridgehead atoms. The van der Waals surface area contributed by atoms with Crippen LogP contribution in [0.5, 0.6) is 5.75 Å². The van der Waals surface area contributed by atoms with Gasteiger partial charge in [-0.1, -0.05) is 36.8 Å². The highest BCUT2D eigenvalue weighted by molar-refractivity contribution is 6.04. The standard InChI is InChI=1S/C21H22N2O4/c1-3-18(24)16-8-9-19-17(10-16)23(21(26)13-27-19)12-20(25)22-11-15-6-4-14(2)5-7-15/h4-10H,3,11-13H2,1-2H3,(H,22,25). The number of amides is 2. The van der Waals surface area contributed by atoms with Crippen LogP contribution in [0.3, 0.4) is 0 Å². The molecule has 2 amide bonds. The van der Waals surface area contributed by atoms with E-state index in [1.807, 2.05) is 31.2 Å². The normalized spacial score (nSPS) is 13.0. The Balaban J connectivity index is 1.72. The van der Waals surface area contributed by atoms with Gasteiger partial charge in [-0.2, -0.15) is 0 Å². The van der Waals surface area contributed by atoms with E-state index in [0.717, 1.165) is 11.1 Å². The maximum Gasteiger partial charge on any atom is 0.265 e. The molecule has 0 saturated carbocycles. The molecule has 27 heavy (non-hydrogen) atoms. The van der Waals surface area contributed by atoms with Gasteiger partial charge in [0.1, 0.15) is 12.3 Å². The Morgan fingerprint density at radius 1 is 1.15 bits per heavy atom. The quantitative estimate of drug-likeness (QED) is 0.798. The summed E-state index contributed by atoms with van der Waals surface area (Å²) in [6.07, 6.45) is 0.366. The highest BCUT2D eigenvalue weighted by Crippen LogP contribution is 2.33. The fourth-order valence-corrected chi connectivity index (χ4v) is 2.86. The maximum atomic E-state index is 12.4. The molecule has 1 N–H and O–H groups in total. The van der Waals surface area contributed by atoms with E-state index in [4.69, 9.17) is 4.74 Å². The third-order valence-electron chi connectivity index (χ3n) is 4.46. The molecule has 0 aliphatic carbocycles. The second kappa shape index (κ2) is 8.03. The number of aryl methyl sites for hydroxylation is 1. The van der Waals surface area contributed by atoms with E-state index in [-0.39, 0.29) is 30.7 Å². The zero-order valence-corrected chi connectivity index (χ0v) is 15.5. The number of hydrogen-bond acceptors (Lipinski definition) is 4. The number of nitrogens with one attached hydrogen (secondary N) is 1. The second-order valence-electron chi connectivity index (χ2n) is 6.49. The van der Waals surface area contributed by atoms with Crippen molar-refractivity contribution in [2.45, 2.75) is 26.8 Å². The number of ether oxygens (including phenoxy) is 1. The number of nitrogens with zero attached hydrogens (tertiary/aromatic N) is 1. The van der Waals surface area contributed by atoms with E-state index < -0.39 is 0 Å². The van der Waals surface area contributed by atoms with Crippen molar-refractivity contribution in [2.75, 3.05) is 18.1 Å². The lowest BCUT2D eigenvalue weighted by molar-refractivity contribution is -0.125. The van der Waals surface area contributed by atoms with Crippen LogP contribution in [-0.2, 0) is 16.1 Å². The van der Waals surface area contributed by atoms with E-state index in [2.05, 4.69) is 5.32 Å². The molecule has 1 heterocycles. The average molecular weight is 366 g/mol.